The molecule has 15 heavy (non-hydrogen) atoms. The van der Waals surface area contributed by atoms with E-state index in [0.717, 1.165) is 6.42 Å². The number of nitrogens with one attached hydrogen (secondary N) is 1. The van der Waals surface area contributed by atoms with Crippen molar-refractivity contribution in [3.63, 3.8) is 0 Å². The van der Waals surface area contributed by atoms with Gasteiger partial charge in [0.15, 0.2) is 0 Å². The van der Waals surface area contributed by atoms with Crippen LogP contribution in [0.3, 0.4) is 0 Å². The van der Waals surface area contributed by atoms with Crippen molar-refractivity contribution in [2.24, 2.45) is 5.73 Å². The highest BCUT2D eigenvalue weighted by molar-refractivity contribution is 5.84. The van der Waals surface area contributed by atoms with Gasteiger partial charge in [-0.25, -0.2) is 0 Å². The number of nitrogens with two attached hydrogens (primary N) is 1. The summed E-state index contributed by atoms with van der Waals surface area (Å²) in [5.41, 5.74) is 4.52. The SMILES string of the molecule is CCNC(C)(COCCCOC)C(N)=O. The lowest BCUT2D eigenvalue weighted by Crippen LogP contribution is -2.56. The van der Waals surface area contributed by atoms with Gasteiger partial charge in [-0.3, -0.25) is 4.79 Å². The second kappa shape index (κ2) is 7.62. The highest BCUT2D eigenvalue weighted by Crippen LogP contribution is 2.03. The first-order valence-electron chi connectivity index (χ1n) is 5.18. The smallest absolute Gasteiger partial charge is 0.239 e. The number of primary amides is 1. The van der Waals surface area contributed by atoms with Crippen LogP contribution in [0.4, 0.5) is 0 Å². The van der Waals surface area contributed by atoms with E-state index in [1.54, 1.807) is 14.0 Å². The van der Waals surface area contributed by atoms with Gasteiger partial charge >= 0.3 is 0 Å². The van der Waals surface area contributed by atoms with Crippen LogP contribution in [0, 0.1) is 0 Å². The molecule has 0 aromatic rings. The van der Waals surface area contributed by atoms with Gasteiger partial charge in [0.1, 0.15) is 5.54 Å². The molecule has 0 heterocycles. The van der Waals surface area contributed by atoms with E-state index in [0.29, 0.717) is 26.4 Å². The molecule has 3 N–H and O–H groups in total. The van der Waals surface area contributed by atoms with Gasteiger partial charge in [0.05, 0.1) is 6.61 Å². The molecule has 0 aliphatic rings. The second-order valence-electron chi connectivity index (χ2n) is 3.63. The summed E-state index contributed by atoms with van der Waals surface area (Å²) in [5, 5.41) is 3.02. The molecule has 0 spiro atoms. The molecule has 0 fully saturated rings. The quantitative estimate of drug-likeness (QED) is 0.530. The van der Waals surface area contributed by atoms with E-state index in [2.05, 4.69) is 5.32 Å². The third-order valence-corrected chi connectivity index (χ3v) is 2.14. The molecule has 5 heteroatoms. The average molecular weight is 218 g/mol. The summed E-state index contributed by atoms with van der Waals surface area (Å²) in [6, 6.07) is 0. The first kappa shape index (κ1) is 14.3. The summed E-state index contributed by atoms with van der Waals surface area (Å²) >= 11 is 0. The Morgan fingerprint density at radius 2 is 2.13 bits per heavy atom. The van der Waals surface area contributed by atoms with Crippen LogP contribution in [0.5, 0.6) is 0 Å². The van der Waals surface area contributed by atoms with Gasteiger partial charge in [-0.2, -0.15) is 0 Å². The van der Waals surface area contributed by atoms with Crippen LogP contribution in [0.2, 0.25) is 0 Å². The Bertz CT molecular complexity index is 188. The summed E-state index contributed by atoms with van der Waals surface area (Å²) in [7, 11) is 1.65. The summed E-state index contributed by atoms with van der Waals surface area (Å²) in [5.74, 6) is -0.393. The minimum Gasteiger partial charge on any atom is -0.385 e. The minimum atomic E-state index is -0.776. The Balaban J connectivity index is 3.81. The standard InChI is InChI=1S/C10H22N2O3/c1-4-12-10(2,9(11)13)8-15-7-5-6-14-3/h12H,4-8H2,1-3H3,(H2,11,13). The lowest BCUT2D eigenvalue weighted by molar-refractivity contribution is -0.126. The molecule has 0 bridgehead atoms. The summed E-state index contributed by atoms with van der Waals surface area (Å²) in [6.45, 7) is 5.87. The van der Waals surface area contributed by atoms with Crippen molar-refractivity contribution in [1.82, 2.24) is 5.32 Å². The Morgan fingerprint density at radius 1 is 1.47 bits per heavy atom. The van der Waals surface area contributed by atoms with Gasteiger partial charge in [0, 0.05) is 20.3 Å². The Morgan fingerprint density at radius 3 is 2.60 bits per heavy atom. The molecule has 5 nitrogen and oxygen atoms in total. The van der Waals surface area contributed by atoms with Crippen molar-refractivity contribution in [2.45, 2.75) is 25.8 Å². The van der Waals surface area contributed by atoms with Gasteiger partial charge < -0.3 is 20.5 Å². The van der Waals surface area contributed by atoms with Gasteiger partial charge in [0.2, 0.25) is 5.91 Å². The number of rotatable bonds is 9. The van der Waals surface area contributed by atoms with Gasteiger partial charge in [-0.1, -0.05) is 6.92 Å². The topological polar surface area (TPSA) is 73.6 Å². The number of likely N-dealkylation sites (N-methyl/N-ethyl adjacent to an activating group) is 1. The van der Waals surface area contributed by atoms with Crippen molar-refractivity contribution in [3.05, 3.63) is 0 Å². The molecule has 1 unspecified atom stereocenters. The first-order valence-corrected chi connectivity index (χ1v) is 5.18. The average Bonchev–Trinajstić information content (AvgIpc) is 2.18. The predicted octanol–water partition coefficient (Wildman–Crippen LogP) is -0.107. The molecule has 0 rings (SSSR count). The zero-order valence-corrected chi connectivity index (χ0v) is 9.84. The second-order valence-corrected chi connectivity index (χ2v) is 3.63. The number of methoxy groups -OCH3 is 1. The van der Waals surface area contributed by atoms with Crippen LogP contribution in [-0.2, 0) is 14.3 Å². The maximum absolute atomic E-state index is 11.2. The van der Waals surface area contributed by atoms with Gasteiger partial charge in [-0.05, 0) is 19.9 Å². The number of carbonyl (C=O) groups is 1. The monoisotopic (exact) mass is 218 g/mol. The summed E-state index contributed by atoms with van der Waals surface area (Å²) in [6.07, 6.45) is 0.817. The molecule has 90 valence electrons. The molecule has 0 aliphatic heterocycles. The summed E-state index contributed by atoms with van der Waals surface area (Å²) < 4.78 is 10.3. The molecule has 0 aliphatic carbocycles. The largest absolute Gasteiger partial charge is 0.385 e. The molecule has 1 amide bonds. The van der Waals surface area contributed by atoms with Crippen LogP contribution < -0.4 is 11.1 Å². The summed E-state index contributed by atoms with van der Waals surface area (Å²) in [4.78, 5) is 11.2. The molecule has 0 aromatic carbocycles. The highest BCUT2D eigenvalue weighted by Gasteiger charge is 2.29. The fourth-order valence-electron chi connectivity index (χ4n) is 1.18. The van der Waals surface area contributed by atoms with Crippen molar-refractivity contribution in [3.8, 4) is 0 Å². The zero-order valence-electron chi connectivity index (χ0n) is 9.84. The maximum Gasteiger partial charge on any atom is 0.239 e. The Hall–Kier alpha value is -0.650. The van der Waals surface area contributed by atoms with E-state index in [9.17, 15) is 4.79 Å². The van der Waals surface area contributed by atoms with Crippen molar-refractivity contribution in [1.29, 1.82) is 0 Å². The number of hydrogen-bond donors (Lipinski definition) is 2. The van der Waals surface area contributed by atoms with Crippen LogP contribution in [0.1, 0.15) is 20.3 Å². The third-order valence-electron chi connectivity index (χ3n) is 2.14. The van der Waals surface area contributed by atoms with Crippen molar-refractivity contribution in [2.75, 3.05) is 33.5 Å². The Kier molecular flexibility index (Phi) is 7.29. The molecule has 0 radical (unpaired) electrons. The Labute approximate surface area is 91.3 Å². The maximum atomic E-state index is 11.2. The van der Waals surface area contributed by atoms with E-state index in [1.165, 1.54) is 0 Å². The number of carbonyl (C=O) groups excluding carboxylic acids is 1. The van der Waals surface area contributed by atoms with E-state index in [1.807, 2.05) is 6.92 Å². The first-order chi connectivity index (χ1) is 7.06. The lowest BCUT2D eigenvalue weighted by Gasteiger charge is -2.26. The lowest BCUT2D eigenvalue weighted by atomic mass is 10.0. The van der Waals surface area contributed by atoms with Crippen LogP contribution in [0.25, 0.3) is 0 Å². The molecular formula is C10H22N2O3. The van der Waals surface area contributed by atoms with Gasteiger partial charge in [0.25, 0.3) is 0 Å². The van der Waals surface area contributed by atoms with E-state index >= 15 is 0 Å². The highest BCUT2D eigenvalue weighted by atomic mass is 16.5. The predicted molar refractivity (Wildman–Crippen MR) is 58.6 cm³/mol. The molecule has 0 aromatic heterocycles. The van der Waals surface area contributed by atoms with Gasteiger partial charge in [-0.15, -0.1) is 0 Å². The van der Waals surface area contributed by atoms with Crippen LogP contribution in [0.15, 0.2) is 0 Å². The van der Waals surface area contributed by atoms with E-state index in [-0.39, 0.29) is 0 Å². The van der Waals surface area contributed by atoms with Crippen LogP contribution in [-0.4, -0.2) is 44.9 Å². The normalized spacial score (nSPS) is 14.9. The fraction of sp³-hybridized carbons (Fsp3) is 0.900. The number of hydrogen-bond acceptors (Lipinski definition) is 4. The van der Waals surface area contributed by atoms with Crippen LogP contribution >= 0.6 is 0 Å². The minimum absolute atomic E-state index is 0.292. The van der Waals surface area contributed by atoms with Crippen molar-refractivity contribution >= 4 is 5.91 Å². The molecule has 0 saturated carbocycles. The number of amides is 1. The zero-order chi connectivity index (χ0) is 11.7. The molecule has 0 saturated heterocycles. The van der Waals surface area contributed by atoms with Crippen molar-refractivity contribution < 1.29 is 14.3 Å². The molecule has 1 atom stereocenters. The number of ether oxygens (including phenoxy) is 2. The fourth-order valence-corrected chi connectivity index (χ4v) is 1.18. The van der Waals surface area contributed by atoms with E-state index in [4.69, 9.17) is 15.2 Å². The van der Waals surface area contributed by atoms with E-state index < -0.39 is 11.4 Å². The third kappa shape index (κ3) is 5.71. The molecular weight excluding hydrogens is 196 g/mol.